The Bertz CT molecular complexity index is 522. The summed E-state index contributed by atoms with van der Waals surface area (Å²) in [6, 6.07) is 10.7. The Balaban J connectivity index is 1.28. The molecule has 0 unspecified atom stereocenters. The van der Waals surface area contributed by atoms with Crippen LogP contribution in [0.5, 0.6) is 0 Å². The second kappa shape index (κ2) is 9.75. The lowest BCUT2D eigenvalue weighted by atomic mass is 10.2. The van der Waals surface area contributed by atoms with Crippen LogP contribution in [0, 0.1) is 0 Å². The van der Waals surface area contributed by atoms with E-state index in [1.165, 1.54) is 5.56 Å². The van der Waals surface area contributed by atoms with Crippen molar-refractivity contribution in [3.63, 3.8) is 0 Å². The normalized spacial score (nSPS) is 23.0. The highest BCUT2D eigenvalue weighted by atomic mass is 16.5. The number of benzene rings is 1. The van der Waals surface area contributed by atoms with E-state index in [1.54, 1.807) is 0 Å². The second-order valence-corrected chi connectivity index (χ2v) is 6.89. The minimum absolute atomic E-state index is 0.262. The Morgan fingerprint density at radius 3 is 2.64 bits per heavy atom. The average molecular weight is 345 g/mol. The van der Waals surface area contributed by atoms with Gasteiger partial charge in [0.15, 0.2) is 5.96 Å². The van der Waals surface area contributed by atoms with Gasteiger partial charge in [-0.2, -0.15) is 0 Å². The van der Waals surface area contributed by atoms with Crippen molar-refractivity contribution in [1.29, 1.82) is 0 Å². The summed E-state index contributed by atoms with van der Waals surface area (Å²) >= 11 is 0. The molecule has 2 aliphatic heterocycles. The average Bonchev–Trinajstić information content (AvgIpc) is 3.16. The van der Waals surface area contributed by atoms with E-state index in [0.717, 1.165) is 65.3 Å². The first-order chi connectivity index (χ1) is 12.3. The number of guanidine groups is 1. The van der Waals surface area contributed by atoms with Crippen molar-refractivity contribution in [2.24, 2.45) is 10.7 Å². The molecule has 3 rings (SSSR count). The standard InChI is InChI=1S/C19H31N5O/c20-19(22-15-18-7-4-14-25-18)21-8-9-23-10-12-24(13-11-23)16-17-5-2-1-3-6-17/h1-3,5-6,18H,4,7-16H2,(H3,20,21,22)/t18-/m0/s1. The molecule has 0 aromatic heterocycles. The van der Waals surface area contributed by atoms with E-state index < -0.39 is 0 Å². The van der Waals surface area contributed by atoms with Crippen LogP contribution in [0.25, 0.3) is 0 Å². The summed E-state index contributed by atoms with van der Waals surface area (Å²) in [4.78, 5) is 9.39. The zero-order chi connectivity index (χ0) is 17.3. The predicted octanol–water partition coefficient (Wildman–Crippen LogP) is 0.888. The molecule has 6 heteroatoms. The van der Waals surface area contributed by atoms with Gasteiger partial charge in [0.1, 0.15) is 0 Å². The summed E-state index contributed by atoms with van der Waals surface area (Å²) in [5, 5.41) is 3.22. The topological polar surface area (TPSA) is 66.1 Å². The molecule has 6 nitrogen and oxygen atoms in total. The molecule has 2 fully saturated rings. The van der Waals surface area contributed by atoms with Gasteiger partial charge in [-0.05, 0) is 18.4 Å². The van der Waals surface area contributed by atoms with Crippen LogP contribution in [-0.4, -0.2) is 74.3 Å². The SMILES string of the molecule is NC(=NC[C@@H]1CCCO1)NCCN1CCN(Cc2ccccc2)CC1. The summed E-state index contributed by atoms with van der Waals surface area (Å²) in [6.45, 7) is 8.92. The molecule has 1 aromatic rings. The van der Waals surface area contributed by atoms with Gasteiger partial charge < -0.3 is 15.8 Å². The zero-order valence-corrected chi connectivity index (χ0v) is 15.1. The molecule has 25 heavy (non-hydrogen) atoms. The predicted molar refractivity (Wildman–Crippen MR) is 102 cm³/mol. The van der Waals surface area contributed by atoms with Crippen molar-refractivity contribution in [1.82, 2.24) is 15.1 Å². The number of aliphatic imine (C=N–C) groups is 1. The molecule has 0 saturated carbocycles. The molecule has 0 amide bonds. The highest BCUT2D eigenvalue weighted by Crippen LogP contribution is 2.11. The van der Waals surface area contributed by atoms with Crippen LogP contribution in [0.2, 0.25) is 0 Å². The fraction of sp³-hybridized carbons (Fsp3) is 0.632. The van der Waals surface area contributed by atoms with Gasteiger partial charge in [0, 0.05) is 52.4 Å². The van der Waals surface area contributed by atoms with Gasteiger partial charge >= 0.3 is 0 Å². The van der Waals surface area contributed by atoms with Crippen LogP contribution < -0.4 is 11.1 Å². The molecule has 2 saturated heterocycles. The molecule has 138 valence electrons. The molecule has 2 heterocycles. The van der Waals surface area contributed by atoms with E-state index in [0.29, 0.717) is 12.5 Å². The zero-order valence-electron chi connectivity index (χ0n) is 15.1. The highest BCUT2D eigenvalue weighted by Gasteiger charge is 2.17. The minimum Gasteiger partial charge on any atom is -0.376 e. The van der Waals surface area contributed by atoms with Gasteiger partial charge in [-0.25, -0.2) is 0 Å². The first kappa shape index (κ1) is 18.2. The number of hydrogen-bond acceptors (Lipinski definition) is 4. The smallest absolute Gasteiger partial charge is 0.188 e. The highest BCUT2D eigenvalue weighted by molar-refractivity contribution is 5.77. The third-order valence-electron chi connectivity index (χ3n) is 4.94. The van der Waals surface area contributed by atoms with Gasteiger partial charge in [-0.3, -0.25) is 14.8 Å². The molecule has 0 bridgehead atoms. The van der Waals surface area contributed by atoms with E-state index in [1.807, 2.05) is 0 Å². The van der Waals surface area contributed by atoms with Crippen LogP contribution in [-0.2, 0) is 11.3 Å². The lowest BCUT2D eigenvalue weighted by molar-refractivity contribution is 0.117. The molecule has 1 aromatic carbocycles. The van der Waals surface area contributed by atoms with Gasteiger partial charge in [-0.1, -0.05) is 30.3 Å². The summed E-state index contributed by atoms with van der Waals surface area (Å²) in [5.74, 6) is 0.540. The Morgan fingerprint density at radius 2 is 1.92 bits per heavy atom. The number of ether oxygens (including phenoxy) is 1. The van der Waals surface area contributed by atoms with Crippen molar-refractivity contribution in [2.75, 3.05) is 52.4 Å². The maximum absolute atomic E-state index is 5.93. The van der Waals surface area contributed by atoms with E-state index in [9.17, 15) is 0 Å². The largest absolute Gasteiger partial charge is 0.376 e. The second-order valence-electron chi connectivity index (χ2n) is 6.89. The number of nitrogens with zero attached hydrogens (tertiary/aromatic N) is 3. The van der Waals surface area contributed by atoms with Crippen molar-refractivity contribution < 1.29 is 4.74 Å². The monoisotopic (exact) mass is 345 g/mol. The van der Waals surface area contributed by atoms with Crippen LogP contribution in [0.1, 0.15) is 18.4 Å². The first-order valence-corrected chi connectivity index (χ1v) is 9.43. The molecule has 0 aliphatic carbocycles. The van der Waals surface area contributed by atoms with Crippen molar-refractivity contribution in [2.45, 2.75) is 25.5 Å². The van der Waals surface area contributed by atoms with Gasteiger partial charge in [0.2, 0.25) is 0 Å². The van der Waals surface area contributed by atoms with Crippen molar-refractivity contribution in [3.05, 3.63) is 35.9 Å². The Kier molecular flexibility index (Phi) is 7.09. The van der Waals surface area contributed by atoms with Gasteiger partial charge in [0.25, 0.3) is 0 Å². The summed E-state index contributed by atoms with van der Waals surface area (Å²) in [7, 11) is 0. The van der Waals surface area contributed by atoms with Crippen LogP contribution in [0.3, 0.4) is 0 Å². The van der Waals surface area contributed by atoms with Crippen LogP contribution in [0.4, 0.5) is 0 Å². The summed E-state index contributed by atoms with van der Waals surface area (Å²) < 4.78 is 5.55. The summed E-state index contributed by atoms with van der Waals surface area (Å²) in [5.41, 5.74) is 7.33. The Labute approximate surface area is 151 Å². The molecule has 0 radical (unpaired) electrons. The maximum atomic E-state index is 5.93. The number of nitrogens with two attached hydrogens (primary N) is 1. The van der Waals surface area contributed by atoms with Gasteiger partial charge in [0.05, 0.1) is 12.6 Å². The first-order valence-electron chi connectivity index (χ1n) is 9.43. The number of piperazine rings is 1. The van der Waals surface area contributed by atoms with E-state index >= 15 is 0 Å². The fourth-order valence-corrected chi connectivity index (χ4v) is 3.40. The lowest BCUT2D eigenvalue weighted by Crippen LogP contribution is -2.48. The van der Waals surface area contributed by atoms with Gasteiger partial charge in [-0.15, -0.1) is 0 Å². The maximum Gasteiger partial charge on any atom is 0.188 e. The Hall–Kier alpha value is -1.63. The van der Waals surface area contributed by atoms with Crippen molar-refractivity contribution in [3.8, 4) is 0 Å². The summed E-state index contributed by atoms with van der Waals surface area (Å²) in [6.07, 6.45) is 2.51. The van der Waals surface area contributed by atoms with E-state index in [-0.39, 0.29) is 6.10 Å². The van der Waals surface area contributed by atoms with Crippen molar-refractivity contribution >= 4 is 5.96 Å². The molecular formula is C19H31N5O. The number of rotatable bonds is 7. The molecule has 0 spiro atoms. The molecule has 1 atom stereocenters. The lowest BCUT2D eigenvalue weighted by Gasteiger charge is -2.34. The third-order valence-corrected chi connectivity index (χ3v) is 4.94. The van der Waals surface area contributed by atoms with E-state index in [2.05, 4.69) is 50.4 Å². The number of nitrogens with one attached hydrogen (secondary N) is 1. The van der Waals surface area contributed by atoms with E-state index in [4.69, 9.17) is 10.5 Å². The van der Waals surface area contributed by atoms with Crippen LogP contribution in [0.15, 0.2) is 35.3 Å². The molecule has 2 aliphatic rings. The molecular weight excluding hydrogens is 314 g/mol. The van der Waals surface area contributed by atoms with Crippen LogP contribution >= 0.6 is 0 Å². The quantitative estimate of drug-likeness (QED) is 0.567. The molecule has 3 N–H and O–H groups in total. The third kappa shape index (κ3) is 6.30. The fourth-order valence-electron chi connectivity index (χ4n) is 3.40. The Morgan fingerprint density at radius 1 is 1.16 bits per heavy atom. The minimum atomic E-state index is 0.262. The number of hydrogen-bond donors (Lipinski definition) is 2.